The third-order valence-electron chi connectivity index (χ3n) is 4.85. The van der Waals surface area contributed by atoms with Gasteiger partial charge in [-0.1, -0.05) is 58.6 Å². The van der Waals surface area contributed by atoms with E-state index in [4.69, 9.17) is 23.2 Å². The van der Waals surface area contributed by atoms with Gasteiger partial charge in [0, 0.05) is 23.0 Å². The van der Waals surface area contributed by atoms with Crippen molar-refractivity contribution in [2.75, 3.05) is 5.32 Å². The van der Waals surface area contributed by atoms with Crippen molar-refractivity contribution in [3.05, 3.63) is 81.5 Å². The maximum atomic E-state index is 10.4. The predicted molar refractivity (Wildman–Crippen MR) is 119 cm³/mol. The minimum absolute atomic E-state index is 0.0377. The predicted octanol–water partition coefficient (Wildman–Crippen LogP) is 6.88. The lowest BCUT2D eigenvalue weighted by atomic mass is 10.1. The molecule has 0 aliphatic rings. The Morgan fingerprint density at radius 2 is 1.52 bits per heavy atom. The van der Waals surface area contributed by atoms with E-state index in [0.29, 0.717) is 16.6 Å². The minimum Gasteiger partial charge on any atom is -0.505 e. The number of fused-ring (bicyclic) bond motifs is 1. The number of benzene rings is 3. The average molecular weight is 422 g/mol. The van der Waals surface area contributed by atoms with Crippen molar-refractivity contribution >= 4 is 45.5 Å². The molecule has 0 radical (unpaired) electrons. The van der Waals surface area contributed by atoms with Gasteiger partial charge >= 0.3 is 0 Å². The lowest BCUT2D eigenvalue weighted by Crippen LogP contribution is -1.95. The number of hydrogen-bond donors (Lipinski definition) is 2. The number of hydrogen-bond acceptors (Lipinski definition) is 3. The van der Waals surface area contributed by atoms with E-state index in [2.05, 4.69) is 11.4 Å². The van der Waals surface area contributed by atoms with Crippen molar-refractivity contribution < 1.29 is 5.11 Å². The second-order valence-electron chi connectivity index (χ2n) is 6.93. The highest BCUT2D eigenvalue weighted by Gasteiger charge is 2.24. The number of aromatic hydroxyl groups is 1. The molecule has 4 nitrogen and oxygen atoms in total. The number of rotatable bonds is 3. The molecule has 0 saturated heterocycles. The highest BCUT2D eigenvalue weighted by Crippen LogP contribution is 2.46. The molecule has 0 saturated carbocycles. The maximum Gasteiger partial charge on any atom is 0.155 e. The van der Waals surface area contributed by atoms with Gasteiger partial charge in [0.1, 0.15) is 16.7 Å². The molecule has 1 aromatic heterocycles. The molecular weight excluding hydrogens is 405 g/mol. The SMILES string of the molecule is Cc1ccc(Nc2cn(-c3ccc(C)cc3)c3c(C#N)c(O)c(Cl)c(Cl)c23)cc1. The van der Waals surface area contributed by atoms with Crippen LogP contribution in [0.4, 0.5) is 11.4 Å². The Hall–Kier alpha value is -3.13. The molecule has 2 N–H and O–H groups in total. The van der Waals surface area contributed by atoms with Crippen LogP contribution in [0.1, 0.15) is 16.7 Å². The Morgan fingerprint density at radius 1 is 0.931 bits per heavy atom. The zero-order chi connectivity index (χ0) is 20.7. The standard InChI is InChI=1S/C23H17Cl2N3O/c1-13-3-7-15(8-4-13)27-18-12-28(16-9-5-14(2)6-10-16)22-17(11-26)23(29)21(25)20(24)19(18)22/h3-10,12,27,29H,1-2H3. The number of nitrogens with one attached hydrogen (secondary N) is 1. The lowest BCUT2D eigenvalue weighted by Gasteiger charge is -2.10. The molecular formula is C23H17Cl2N3O. The molecule has 29 heavy (non-hydrogen) atoms. The van der Waals surface area contributed by atoms with Crippen molar-refractivity contribution in [3.63, 3.8) is 0 Å². The van der Waals surface area contributed by atoms with Gasteiger partial charge in [0.2, 0.25) is 0 Å². The van der Waals surface area contributed by atoms with E-state index in [0.717, 1.165) is 22.5 Å². The highest BCUT2D eigenvalue weighted by atomic mass is 35.5. The summed E-state index contributed by atoms with van der Waals surface area (Å²) in [5, 5.41) is 24.3. The van der Waals surface area contributed by atoms with Crippen LogP contribution in [0.3, 0.4) is 0 Å². The maximum absolute atomic E-state index is 10.4. The number of anilines is 2. The summed E-state index contributed by atoms with van der Waals surface area (Å²) in [6, 6.07) is 17.9. The van der Waals surface area contributed by atoms with E-state index in [9.17, 15) is 10.4 Å². The second kappa shape index (κ2) is 7.36. The normalized spacial score (nSPS) is 10.9. The molecule has 0 amide bonds. The number of phenols is 1. The molecule has 3 aromatic carbocycles. The second-order valence-corrected chi connectivity index (χ2v) is 7.68. The first kappa shape index (κ1) is 19.2. The van der Waals surface area contributed by atoms with Crippen molar-refractivity contribution in [1.82, 2.24) is 4.57 Å². The first-order valence-corrected chi connectivity index (χ1v) is 9.72. The third-order valence-corrected chi connectivity index (χ3v) is 5.70. The summed E-state index contributed by atoms with van der Waals surface area (Å²) in [7, 11) is 0. The molecule has 0 atom stereocenters. The molecule has 0 aliphatic heterocycles. The van der Waals surface area contributed by atoms with Crippen molar-refractivity contribution in [2.24, 2.45) is 0 Å². The van der Waals surface area contributed by atoms with Crippen LogP contribution in [-0.4, -0.2) is 9.67 Å². The number of nitriles is 1. The summed E-state index contributed by atoms with van der Waals surface area (Å²) in [5.41, 5.74) is 5.24. The molecule has 144 valence electrons. The van der Waals surface area contributed by atoms with E-state index in [-0.39, 0.29) is 21.4 Å². The topological polar surface area (TPSA) is 61.0 Å². The fourth-order valence-electron chi connectivity index (χ4n) is 3.31. The summed E-state index contributed by atoms with van der Waals surface area (Å²) < 4.78 is 1.84. The molecule has 0 fully saturated rings. The quantitative estimate of drug-likeness (QED) is 0.379. The van der Waals surface area contributed by atoms with Gasteiger partial charge < -0.3 is 15.0 Å². The van der Waals surface area contributed by atoms with Gasteiger partial charge in [0.05, 0.1) is 16.2 Å². The Bertz CT molecular complexity index is 1270. The number of aryl methyl sites for hydroxylation is 2. The largest absolute Gasteiger partial charge is 0.505 e. The summed E-state index contributed by atoms with van der Waals surface area (Å²) in [6.45, 7) is 4.02. The van der Waals surface area contributed by atoms with Gasteiger partial charge in [-0.2, -0.15) is 5.26 Å². The molecule has 4 aromatic rings. The molecule has 0 aliphatic carbocycles. The van der Waals surface area contributed by atoms with Crippen molar-refractivity contribution in [3.8, 4) is 17.5 Å². The van der Waals surface area contributed by atoms with Gasteiger partial charge in [-0.05, 0) is 38.1 Å². The van der Waals surface area contributed by atoms with Gasteiger partial charge in [-0.3, -0.25) is 0 Å². The van der Waals surface area contributed by atoms with Crippen LogP contribution in [-0.2, 0) is 0 Å². The zero-order valence-electron chi connectivity index (χ0n) is 15.8. The number of halogens is 2. The van der Waals surface area contributed by atoms with Crippen LogP contribution in [0.2, 0.25) is 10.0 Å². The van der Waals surface area contributed by atoms with E-state index in [1.54, 1.807) is 0 Å². The number of aromatic nitrogens is 1. The highest BCUT2D eigenvalue weighted by molar-refractivity contribution is 6.47. The van der Waals surface area contributed by atoms with Crippen LogP contribution in [0.15, 0.2) is 54.7 Å². The summed E-state index contributed by atoms with van der Waals surface area (Å²) in [6.07, 6.45) is 1.86. The Morgan fingerprint density at radius 3 is 2.10 bits per heavy atom. The number of phenolic OH excluding ortho intramolecular Hbond substituents is 1. The van der Waals surface area contributed by atoms with Gasteiger partial charge in [-0.25, -0.2) is 0 Å². The molecule has 1 heterocycles. The van der Waals surface area contributed by atoms with Crippen LogP contribution in [0.25, 0.3) is 16.6 Å². The Balaban J connectivity index is 2.03. The fraction of sp³-hybridized carbons (Fsp3) is 0.0870. The first-order chi connectivity index (χ1) is 13.9. The van der Waals surface area contributed by atoms with Gasteiger partial charge in [0.15, 0.2) is 5.75 Å². The average Bonchev–Trinajstić information content (AvgIpc) is 3.08. The smallest absolute Gasteiger partial charge is 0.155 e. The van der Waals surface area contributed by atoms with Crippen LogP contribution >= 0.6 is 23.2 Å². The summed E-state index contributed by atoms with van der Waals surface area (Å²) in [4.78, 5) is 0. The van der Waals surface area contributed by atoms with Gasteiger partial charge in [-0.15, -0.1) is 0 Å². The summed E-state index contributed by atoms with van der Waals surface area (Å²) >= 11 is 12.8. The summed E-state index contributed by atoms with van der Waals surface area (Å²) in [5.74, 6) is -0.319. The van der Waals surface area contributed by atoms with Crippen molar-refractivity contribution in [2.45, 2.75) is 13.8 Å². The third kappa shape index (κ3) is 3.29. The van der Waals surface area contributed by atoms with Crippen LogP contribution in [0, 0.1) is 25.2 Å². The molecule has 4 rings (SSSR count). The number of nitrogens with zero attached hydrogens (tertiary/aromatic N) is 2. The first-order valence-electron chi connectivity index (χ1n) is 8.96. The van der Waals surface area contributed by atoms with Gasteiger partial charge in [0.25, 0.3) is 0 Å². The molecule has 6 heteroatoms. The molecule has 0 spiro atoms. The Kier molecular flexibility index (Phi) is 4.87. The molecule has 0 bridgehead atoms. The lowest BCUT2D eigenvalue weighted by molar-refractivity contribution is 0.474. The van der Waals surface area contributed by atoms with Crippen molar-refractivity contribution in [1.29, 1.82) is 5.26 Å². The Labute approximate surface area is 178 Å². The minimum atomic E-state index is -0.319. The van der Waals surface area contributed by atoms with Crippen LogP contribution in [0.5, 0.6) is 5.75 Å². The van der Waals surface area contributed by atoms with E-state index in [1.807, 2.05) is 73.1 Å². The van der Waals surface area contributed by atoms with Crippen LogP contribution < -0.4 is 5.32 Å². The van der Waals surface area contributed by atoms with E-state index < -0.39 is 0 Å². The monoisotopic (exact) mass is 421 g/mol. The molecule has 0 unspecified atom stereocenters. The van der Waals surface area contributed by atoms with E-state index >= 15 is 0 Å². The zero-order valence-corrected chi connectivity index (χ0v) is 17.3. The van der Waals surface area contributed by atoms with E-state index in [1.165, 1.54) is 0 Å². The fourth-order valence-corrected chi connectivity index (χ4v) is 3.78.